The molecule has 0 aliphatic carbocycles. The van der Waals surface area contributed by atoms with Crippen LogP contribution >= 0.6 is 23.6 Å². The highest BCUT2D eigenvalue weighted by Gasteiger charge is 2.20. The second-order valence-electron chi connectivity index (χ2n) is 5.81. The van der Waals surface area contributed by atoms with Gasteiger partial charge in [-0.15, -0.1) is 11.3 Å². The van der Waals surface area contributed by atoms with Crippen LogP contribution in [0, 0.1) is 5.92 Å². The highest BCUT2D eigenvalue weighted by atomic mass is 32.1. The molecule has 1 aromatic carbocycles. The van der Waals surface area contributed by atoms with Crippen molar-refractivity contribution in [1.82, 2.24) is 10.3 Å². The molecule has 2 aromatic rings. The van der Waals surface area contributed by atoms with E-state index in [1.807, 2.05) is 23.7 Å². The monoisotopic (exact) mass is 343 g/mol. The molecule has 1 fully saturated rings. The molecule has 0 radical (unpaired) electrons. The maximum absolute atomic E-state index is 5.44. The third-order valence-electron chi connectivity index (χ3n) is 4.16. The first-order valence-electron chi connectivity index (χ1n) is 7.96. The summed E-state index contributed by atoms with van der Waals surface area (Å²) < 4.78 is 0. The third-order valence-corrected chi connectivity index (χ3v) is 5.32. The average Bonchev–Trinajstić information content (AvgIpc) is 3.10. The standard InChI is InChI=1S/C18H21N3S2/c22-18(20-19-14-17-7-4-12-23-17)21-10-8-16(9-11-21)13-15-5-2-1-3-6-15/h1-7,12,14,16H,8-11,13H2,(H,20,22)/b19-14-. The molecular weight excluding hydrogens is 322 g/mol. The van der Waals surface area contributed by atoms with Crippen molar-refractivity contribution in [2.24, 2.45) is 11.0 Å². The fourth-order valence-corrected chi connectivity index (χ4v) is 3.69. The minimum atomic E-state index is 0.732. The van der Waals surface area contributed by atoms with Crippen LogP contribution in [0.5, 0.6) is 0 Å². The van der Waals surface area contributed by atoms with Crippen LogP contribution in [-0.2, 0) is 6.42 Å². The Hall–Kier alpha value is -1.72. The number of hydrogen-bond acceptors (Lipinski definition) is 3. The summed E-state index contributed by atoms with van der Waals surface area (Å²) in [6, 6.07) is 14.8. The fourth-order valence-electron chi connectivity index (χ4n) is 2.87. The highest BCUT2D eigenvalue weighted by Crippen LogP contribution is 2.21. The lowest BCUT2D eigenvalue weighted by Crippen LogP contribution is -2.43. The van der Waals surface area contributed by atoms with E-state index in [2.05, 4.69) is 45.8 Å². The first-order chi connectivity index (χ1) is 11.3. The van der Waals surface area contributed by atoms with Crippen LogP contribution in [0.25, 0.3) is 0 Å². The van der Waals surface area contributed by atoms with Gasteiger partial charge in [-0.25, -0.2) is 0 Å². The highest BCUT2D eigenvalue weighted by molar-refractivity contribution is 7.80. The summed E-state index contributed by atoms with van der Waals surface area (Å²) in [5.41, 5.74) is 4.43. The summed E-state index contributed by atoms with van der Waals surface area (Å²) in [5, 5.41) is 7.00. The summed E-state index contributed by atoms with van der Waals surface area (Å²) in [6.45, 7) is 2.02. The lowest BCUT2D eigenvalue weighted by molar-refractivity contribution is 0.263. The van der Waals surface area contributed by atoms with E-state index in [4.69, 9.17) is 12.2 Å². The van der Waals surface area contributed by atoms with Gasteiger partial charge in [0.2, 0.25) is 0 Å². The molecular formula is C18H21N3S2. The van der Waals surface area contributed by atoms with Gasteiger partial charge in [-0.05, 0) is 54.4 Å². The number of benzene rings is 1. The first-order valence-corrected chi connectivity index (χ1v) is 9.25. The number of hydrogen-bond donors (Lipinski definition) is 1. The Labute approximate surface area is 147 Å². The number of nitrogens with one attached hydrogen (secondary N) is 1. The molecule has 0 bridgehead atoms. The second-order valence-corrected chi connectivity index (χ2v) is 7.18. The van der Waals surface area contributed by atoms with Gasteiger partial charge in [0, 0.05) is 18.0 Å². The molecule has 1 aliphatic heterocycles. The van der Waals surface area contributed by atoms with Crippen molar-refractivity contribution in [2.45, 2.75) is 19.3 Å². The molecule has 1 saturated heterocycles. The van der Waals surface area contributed by atoms with Crippen LogP contribution in [0.4, 0.5) is 0 Å². The average molecular weight is 344 g/mol. The van der Waals surface area contributed by atoms with E-state index in [-0.39, 0.29) is 0 Å². The van der Waals surface area contributed by atoms with Crippen molar-refractivity contribution in [3.05, 3.63) is 58.3 Å². The summed E-state index contributed by atoms with van der Waals surface area (Å²) in [6.07, 6.45) is 5.36. The van der Waals surface area contributed by atoms with E-state index < -0.39 is 0 Å². The zero-order chi connectivity index (χ0) is 15.9. The topological polar surface area (TPSA) is 27.6 Å². The van der Waals surface area contributed by atoms with Crippen LogP contribution in [0.15, 0.2) is 52.9 Å². The van der Waals surface area contributed by atoms with Crippen molar-refractivity contribution >= 4 is 34.9 Å². The molecule has 2 heterocycles. The Balaban J connectivity index is 1.42. The Morgan fingerprint density at radius 3 is 2.70 bits per heavy atom. The smallest absolute Gasteiger partial charge is 0.189 e. The van der Waals surface area contributed by atoms with E-state index >= 15 is 0 Å². The SMILES string of the molecule is S=C(N/N=C\c1cccs1)N1CCC(Cc2ccccc2)CC1. The van der Waals surface area contributed by atoms with Crippen molar-refractivity contribution in [2.75, 3.05) is 13.1 Å². The molecule has 1 N–H and O–H groups in total. The lowest BCUT2D eigenvalue weighted by Gasteiger charge is -2.33. The van der Waals surface area contributed by atoms with Crippen LogP contribution in [0.1, 0.15) is 23.3 Å². The lowest BCUT2D eigenvalue weighted by atomic mass is 9.90. The molecule has 0 atom stereocenters. The van der Waals surface area contributed by atoms with E-state index in [0.717, 1.165) is 29.0 Å². The van der Waals surface area contributed by atoms with Gasteiger partial charge in [-0.2, -0.15) is 5.10 Å². The summed E-state index contributed by atoms with van der Waals surface area (Å²) in [7, 11) is 0. The number of likely N-dealkylation sites (tertiary alicyclic amines) is 1. The van der Waals surface area contributed by atoms with Gasteiger partial charge in [-0.3, -0.25) is 5.43 Å². The van der Waals surface area contributed by atoms with Crippen molar-refractivity contribution in [3.8, 4) is 0 Å². The van der Waals surface area contributed by atoms with Gasteiger partial charge in [0.05, 0.1) is 6.21 Å². The summed E-state index contributed by atoms with van der Waals surface area (Å²) in [4.78, 5) is 3.35. The predicted molar refractivity (Wildman–Crippen MR) is 102 cm³/mol. The van der Waals surface area contributed by atoms with Crippen LogP contribution < -0.4 is 5.43 Å². The number of rotatable bonds is 4. The molecule has 5 heteroatoms. The van der Waals surface area contributed by atoms with E-state index in [0.29, 0.717) is 0 Å². The van der Waals surface area contributed by atoms with Gasteiger partial charge in [-0.1, -0.05) is 36.4 Å². The Bertz CT molecular complexity index is 630. The number of thiophene rings is 1. The normalized spacial score (nSPS) is 15.9. The minimum absolute atomic E-state index is 0.732. The van der Waals surface area contributed by atoms with Crippen LogP contribution in [-0.4, -0.2) is 29.3 Å². The maximum atomic E-state index is 5.44. The largest absolute Gasteiger partial charge is 0.348 e. The van der Waals surface area contributed by atoms with Crippen LogP contribution in [0.3, 0.4) is 0 Å². The third kappa shape index (κ3) is 4.88. The van der Waals surface area contributed by atoms with Gasteiger partial charge in [0.25, 0.3) is 0 Å². The number of hydrazone groups is 1. The van der Waals surface area contributed by atoms with Crippen molar-refractivity contribution in [1.29, 1.82) is 0 Å². The molecule has 0 amide bonds. The number of thiocarbonyl (C=S) groups is 1. The maximum Gasteiger partial charge on any atom is 0.189 e. The first kappa shape index (κ1) is 16.1. The van der Waals surface area contributed by atoms with Gasteiger partial charge >= 0.3 is 0 Å². The number of nitrogens with zero attached hydrogens (tertiary/aromatic N) is 2. The van der Waals surface area contributed by atoms with Gasteiger partial charge < -0.3 is 4.90 Å². The van der Waals surface area contributed by atoms with Gasteiger partial charge in [0.15, 0.2) is 5.11 Å². The summed E-state index contributed by atoms with van der Waals surface area (Å²) in [5.74, 6) is 0.756. The van der Waals surface area contributed by atoms with Crippen molar-refractivity contribution < 1.29 is 0 Å². The number of piperidine rings is 1. The second kappa shape index (κ2) is 8.22. The molecule has 1 aliphatic rings. The molecule has 0 saturated carbocycles. The molecule has 3 nitrogen and oxygen atoms in total. The molecule has 120 valence electrons. The van der Waals surface area contributed by atoms with E-state index in [1.165, 1.54) is 24.8 Å². The zero-order valence-corrected chi connectivity index (χ0v) is 14.7. The Morgan fingerprint density at radius 2 is 2.00 bits per heavy atom. The minimum Gasteiger partial charge on any atom is -0.348 e. The Kier molecular flexibility index (Phi) is 5.77. The molecule has 1 aromatic heterocycles. The predicted octanol–water partition coefficient (Wildman–Crippen LogP) is 3.91. The zero-order valence-electron chi connectivity index (χ0n) is 13.0. The molecule has 0 unspecified atom stereocenters. The Morgan fingerprint density at radius 1 is 1.22 bits per heavy atom. The van der Waals surface area contributed by atoms with Crippen molar-refractivity contribution in [3.63, 3.8) is 0 Å². The molecule has 23 heavy (non-hydrogen) atoms. The molecule has 0 spiro atoms. The van der Waals surface area contributed by atoms with Crippen LogP contribution in [0.2, 0.25) is 0 Å². The summed E-state index contributed by atoms with van der Waals surface area (Å²) >= 11 is 7.11. The van der Waals surface area contributed by atoms with E-state index in [1.54, 1.807) is 11.3 Å². The molecule has 3 rings (SSSR count). The fraction of sp³-hybridized carbons (Fsp3) is 0.333. The van der Waals surface area contributed by atoms with Gasteiger partial charge in [0.1, 0.15) is 0 Å². The van der Waals surface area contributed by atoms with E-state index in [9.17, 15) is 0 Å². The quantitative estimate of drug-likeness (QED) is 0.518.